The van der Waals surface area contributed by atoms with Crippen LogP contribution in [0.5, 0.6) is 0 Å². The van der Waals surface area contributed by atoms with E-state index in [1.54, 1.807) is 30.3 Å². The van der Waals surface area contributed by atoms with E-state index in [2.05, 4.69) is 9.71 Å². The quantitative estimate of drug-likeness (QED) is 0.773. The van der Waals surface area contributed by atoms with E-state index in [1.807, 2.05) is 42.2 Å². The minimum absolute atomic E-state index is 0.162. The molecule has 138 valence electrons. The van der Waals surface area contributed by atoms with Crippen molar-refractivity contribution in [3.63, 3.8) is 0 Å². The van der Waals surface area contributed by atoms with Crippen molar-refractivity contribution in [2.75, 3.05) is 13.1 Å². The van der Waals surface area contributed by atoms with Crippen LogP contribution in [0.15, 0.2) is 70.6 Å². The molecule has 2 atom stereocenters. The molecule has 3 N–H and O–H groups in total. The maximum Gasteiger partial charge on any atom is 0.240 e. The van der Waals surface area contributed by atoms with Crippen molar-refractivity contribution in [2.24, 2.45) is 10.7 Å². The van der Waals surface area contributed by atoms with Gasteiger partial charge in [0.25, 0.3) is 0 Å². The van der Waals surface area contributed by atoms with Gasteiger partial charge in [0, 0.05) is 18.6 Å². The van der Waals surface area contributed by atoms with Gasteiger partial charge < -0.3 is 10.6 Å². The molecule has 0 aliphatic carbocycles. The molecule has 1 heterocycles. The zero-order valence-corrected chi connectivity index (χ0v) is 15.6. The van der Waals surface area contributed by atoms with Crippen molar-refractivity contribution in [1.82, 2.24) is 9.62 Å². The first-order valence-electron chi connectivity index (χ1n) is 8.63. The fourth-order valence-electron chi connectivity index (χ4n) is 3.08. The third-order valence-electron chi connectivity index (χ3n) is 4.46. The summed E-state index contributed by atoms with van der Waals surface area (Å²) >= 11 is 0. The predicted molar refractivity (Wildman–Crippen MR) is 103 cm³/mol. The molecule has 0 bridgehead atoms. The van der Waals surface area contributed by atoms with Crippen LogP contribution in [0.4, 0.5) is 0 Å². The summed E-state index contributed by atoms with van der Waals surface area (Å²) in [5.41, 5.74) is 7.05. The number of nitrogens with two attached hydrogens (primary N) is 1. The van der Waals surface area contributed by atoms with Crippen molar-refractivity contribution >= 4 is 16.0 Å². The van der Waals surface area contributed by atoms with Gasteiger partial charge in [-0.1, -0.05) is 48.5 Å². The Hall–Kier alpha value is -2.38. The molecule has 2 aromatic rings. The SMILES string of the molecule is C[C@H]1CN=C(N)N1C[C@H](Cc1ccccc1)NS(=O)(=O)c1ccccc1. The van der Waals surface area contributed by atoms with E-state index in [1.165, 1.54) is 0 Å². The molecule has 0 aromatic heterocycles. The normalized spacial score (nSPS) is 18.6. The zero-order chi connectivity index (χ0) is 18.6. The third kappa shape index (κ3) is 4.42. The highest BCUT2D eigenvalue weighted by molar-refractivity contribution is 7.89. The lowest BCUT2D eigenvalue weighted by Crippen LogP contribution is -2.50. The number of benzene rings is 2. The highest BCUT2D eigenvalue weighted by atomic mass is 32.2. The third-order valence-corrected chi connectivity index (χ3v) is 6.00. The highest BCUT2D eigenvalue weighted by Gasteiger charge is 2.28. The van der Waals surface area contributed by atoms with Gasteiger partial charge in [-0.3, -0.25) is 4.99 Å². The second-order valence-corrected chi connectivity index (χ2v) is 8.24. The van der Waals surface area contributed by atoms with Crippen LogP contribution in [0.2, 0.25) is 0 Å². The van der Waals surface area contributed by atoms with Gasteiger partial charge in [-0.15, -0.1) is 0 Å². The number of hydrogen-bond acceptors (Lipinski definition) is 5. The van der Waals surface area contributed by atoms with Crippen LogP contribution in [0.25, 0.3) is 0 Å². The zero-order valence-electron chi connectivity index (χ0n) is 14.7. The van der Waals surface area contributed by atoms with E-state index >= 15 is 0 Å². The predicted octanol–water partition coefficient (Wildman–Crippen LogP) is 1.59. The molecule has 0 amide bonds. The lowest BCUT2D eigenvalue weighted by atomic mass is 10.1. The van der Waals surface area contributed by atoms with Crippen LogP contribution in [-0.2, 0) is 16.4 Å². The summed E-state index contributed by atoms with van der Waals surface area (Å²) < 4.78 is 28.4. The van der Waals surface area contributed by atoms with Gasteiger partial charge in [0.05, 0.1) is 11.4 Å². The Bertz CT molecular complexity index is 854. The second kappa shape index (κ2) is 7.88. The topological polar surface area (TPSA) is 87.8 Å². The van der Waals surface area contributed by atoms with Crippen molar-refractivity contribution in [3.05, 3.63) is 66.2 Å². The fraction of sp³-hybridized carbons (Fsp3) is 0.316. The minimum Gasteiger partial charge on any atom is -0.370 e. The number of aliphatic imine (C=N–C) groups is 1. The minimum atomic E-state index is -3.61. The molecule has 0 saturated carbocycles. The smallest absolute Gasteiger partial charge is 0.240 e. The molecule has 7 heteroatoms. The van der Waals surface area contributed by atoms with Crippen molar-refractivity contribution in [1.29, 1.82) is 0 Å². The Labute approximate surface area is 154 Å². The summed E-state index contributed by atoms with van der Waals surface area (Å²) in [6.45, 7) is 3.14. The van der Waals surface area contributed by atoms with E-state index in [4.69, 9.17) is 5.73 Å². The molecule has 1 aliphatic rings. The van der Waals surface area contributed by atoms with E-state index in [0.717, 1.165) is 5.56 Å². The first-order valence-corrected chi connectivity index (χ1v) is 10.1. The molecule has 0 fully saturated rings. The standard InChI is InChI=1S/C19H24N4O2S/c1-15-13-21-19(20)23(15)14-17(12-16-8-4-2-5-9-16)22-26(24,25)18-10-6-3-7-11-18/h2-11,15,17,22H,12-14H2,1H3,(H2,20,21)/t15-,17-/m0/s1. The Kier molecular flexibility index (Phi) is 5.58. The lowest BCUT2D eigenvalue weighted by molar-refractivity contribution is 0.325. The van der Waals surface area contributed by atoms with Gasteiger partial charge in [0.15, 0.2) is 5.96 Å². The number of nitrogens with zero attached hydrogens (tertiary/aromatic N) is 2. The summed E-state index contributed by atoms with van der Waals surface area (Å²) in [7, 11) is -3.61. The van der Waals surface area contributed by atoms with Gasteiger partial charge >= 0.3 is 0 Å². The number of sulfonamides is 1. The van der Waals surface area contributed by atoms with Gasteiger partial charge in [0.2, 0.25) is 10.0 Å². The summed E-state index contributed by atoms with van der Waals surface area (Å²) in [6.07, 6.45) is 0.573. The fourth-order valence-corrected chi connectivity index (χ4v) is 4.33. The average Bonchev–Trinajstić information content (AvgIpc) is 2.95. The van der Waals surface area contributed by atoms with Crippen LogP contribution < -0.4 is 10.5 Å². The van der Waals surface area contributed by atoms with Gasteiger partial charge in [-0.05, 0) is 31.0 Å². The van der Waals surface area contributed by atoms with Crippen LogP contribution >= 0.6 is 0 Å². The van der Waals surface area contributed by atoms with E-state index < -0.39 is 10.0 Å². The van der Waals surface area contributed by atoms with E-state index in [0.29, 0.717) is 25.5 Å². The van der Waals surface area contributed by atoms with Crippen molar-refractivity contribution < 1.29 is 8.42 Å². The number of hydrogen-bond donors (Lipinski definition) is 2. The first kappa shape index (κ1) is 18.4. The molecule has 26 heavy (non-hydrogen) atoms. The Morgan fingerprint density at radius 1 is 1.15 bits per heavy atom. The average molecular weight is 372 g/mol. The largest absolute Gasteiger partial charge is 0.370 e. The van der Waals surface area contributed by atoms with Crippen LogP contribution in [0.3, 0.4) is 0 Å². The first-order chi connectivity index (χ1) is 12.5. The summed E-state index contributed by atoms with van der Waals surface area (Å²) in [5.74, 6) is 0.467. The van der Waals surface area contributed by atoms with E-state index in [9.17, 15) is 8.42 Å². The molecule has 2 aromatic carbocycles. The van der Waals surface area contributed by atoms with Crippen molar-refractivity contribution in [3.8, 4) is 0 Å². The Morgan fingerprint density at radius 3 is 2.35 bits per heavy atom. The molecule has 0 radical (unpaired) electrons. The van der Waals surface area contributed by atoms with Crippen molar-refractivity contribution in [2.45, 2.75) is 30.3 Å². The van der Waals surface area contributed by atoms with Gasteiger partial charge in [-0.25, -0.2) is 13.1 Å². The molecule has 6 nitrogen and oxygen atoms in total. The Balaban J connectivity index is 1.81. The molecule has 0 saturated heterocycles. The monoisotopic (exact) mass is 372 g/mol. The van der Waals surface area contributed by atoms with E-state index in [-0.39, 0.29) is 17.0 Å². The van der Waals surface area contributed by atoms with Crippen LogP contribution in [-0.4, -0.2) is 44.5 Å². The second-order valence-electron chi connectivity index (χ2n) is 6.52. The summed E-state index contributed by atoms with van der Waals surface area (Å²) in [6, 6.07) is 18.1. The highest BCUT2D eigenvalue weighted by Crippen LogP contribution is 2.14. The summed E-state index contributed by atoms with van der Waals surface area (Å²) in [5, 5.41) is 0. The molecule has 0 unspecified atom stereocenters. The number of rotatable bonds is 7. The maximum atomic E-state index is 12.8. The summed E-state index contributed by atoms with van der Waals surface area (Å²) in [4.78, 5) is 6.47. The van der Waals surface area contributed by atoms with Gasteiger partial charge in [0.1, 0.15) is 0 Å². The van der Waals surface area contributed by atoms with Crippen LogP contribution in [0.1, 0.15) is 12.5 Å². The molecule has 3 rings (SSSR count). The number of nitrogens with one attached hydrogen (secondary N) is 1. The molecule has 1 aliphatic heterocycles. The molecular formula is C19H24N4O2S. The molecule has 0 spiro atoms. The molecular weight excluding hydrogens is 348 g/mol. The van der Waals surface area contributed by atoms with Crippen LogP contribution in [0, 0.1) is 0 Å². The maximum absolute atomic E-state index is 12.8. The Morgan fingerprint density at radius 2 is 1.77 bits per heavy atom. The lowest BCUT2D eigenvalue weighted by Gasteiger charge is -2.29. The van der Waals surface area contributed by atoms with Gasteiger partial charge in [-0.2, -0.15) is 0 Å². The number of guanidine groups is 1.